The Morgan fingerprint density at radius 2 is 2.28 bits per heavy atom. The summed E-state index contributed by atoms with van der Waals surface area (Å²) >= 11 is 5.51. The van der Waals surface area contributed by atoms with Crippen molar-refractivity contribution in [3.63, 3.8) is 0 Å². The van der Waals surface area contributed by atoms with Gasteiger partial charge in [-0.05, 0) is 30.5 Å². The van der Waals surface area contributed by atoms with Gasteiger partial charge in [0.05, 0.1) is 6.54 Å². The number of carbonyl (C=O) groups excluding carboxylic acids is 1. The van der Waals surface area contributed by atoms with Crippen molar-refractivity contribution in [2.24, 2.45) is 0 Å². The van der Waals surface area contributed by atoms with Crippen LogP contribution in [0.25, 0.3) is 0 Å². The Morgan fingerprint density at radius 3 is 3.00 bits per heavy atom. The summed E-state index contributed by atoms with van der Waals surface area (Å²) in [5, 5.41) is 2.79. The van der Waals surface area contributed by atoms with Crippen molar-refractivity contribution in [1.82, 2.24) is 5.32 Å². The van der Waals surface area contributed by atoms with Crippen molar-refractivity contribution in [2.45, 2.75) is 26.2 Å². The van der Waals surface area contributed by atoms with Crippen molar-refractivity contribution in [3.8, 4) is 5.75 Å². The molecule has 1 N–H and O–H groups in total. The molecule has 1 rings (SSSR count). The summed E-state index contributed by atoms with van der Waals surface area (Å²) in [4.78, 5) is 11.3. The van der Waals surface area contributed by atoms with E-state index in [1.54, 1.807) is 0 Å². The Kier molecular flexibility index (Phi) is 7.26. The molecule has 0 heterocycles. The molecule has 0 aromatic heterocycles. The Hall–Kier alpha value is -1.22. The number of halogens is 1. The molecule has 0 spiro atoms. The molecule has 3 nitrogen and oxygen atoms in total. The number of amides is 1. The molecule has 0 aliphatic heterocycles. The van der Waals surface area contributed by atoms with Gasteiger partial charge in [0.15, 0.2) is 0 Å². The largest absolute Gasteiger partial charge is 0.492 e. The highest BCUT2D eigenvalue weighted by Crippen LogP contribution is 2.13. The van der Waals surface area contributed by atoms with E-state index in [-0.39, 0.29) is 5.91 Å². The van der Waals surface area contributed by atoms with Gasteiger partial charge in [-0.15, -0.1) is 11.6 Å². The van der Waals surface area contributed by atoms with Gasteiger partial charge < -0.3 is 10.1 Å². The van der Waals surface area contributed by atoms with E-state index in [4.69, 9.17) is 16.3 Å². The first-order chi connectivity index (χ1) is 8.76. The number of carbonyl (C=O) groups is 1. The lowest BCUT2D eigenvalue weighted by Crippen LogP contribution is -2.27. The van der Waals surface area contributed by atoms with Crippen LogP contribution in [0.15, 0.2) is 24.3 Å². The zero-order valence-electron chi connectivity index (χ0n) is 10.7. The summed E-state index contributed by atoms with van der Waals surface area (Å²) in [6.07, 6.45) is 2.19. The van der Waals surface area contributed by atoms with Gasteiger partial charge >= 0.3 is 0 Å². The minimum atomic E-state index is 0.0292. The van der Waals surface area contributed by atoms with Crippen LogP contribution < -0.4 is 10.1 Å². The molecule has 0 fully saturated rings. The second-order valence-corrected chi connectivity index (χ2v) is 4.37. The number of alkyl halides is 1. The Morgan fingerprint density at radius 1 is 1.44 bits per heavy atom. The van der Waals surface area contributed by atoms with E-state index < -0.39 is 0 Å². The van der Waals surface area contributed by atoms with Gasteiger partial charge in [-0.25, -0.2) is 0 Å². The molecule has 0 radical (unpaired) electrons. The van der Waals surface area contributed by atoms with E-state index in [1.807, 2.05) is 18.2 Å². The zero-order valence-corrected chi connectivity index (χ0v) is 11.5. The molecule has 4 heteroatoms. The van der Waals surface area contributed by atoms with E-state index in [0.717, 1.165) is 12.2 Å². The summed E-state index contributed by atoms with van der Waals surface area (Å²) in [6, 6.07) is 8.00. The predicted molar refractivity (Wildman–Crippen MR) is 74.3 cm³/mol. The van der Waals surface area contributed by atoms with Crippen molar-refractivity contribution in [1.29, 1.82) is 0 Å². The van der Waals surface area contributed by atoms with Crippen LogP contribution in [0.3, 0.4) is 0 Å². The third-order valence-electron chi connectivity index (χ3n) is 2.54. The summed E-state index contributed by atoms with van der Waals surface area (Å²) < 4.78 is 5.56. The van der Waals surface area contributed by atoms with Crippen molar-refractivity contribution >= 4 is 17.5 Å². The van der Waals surface area contributed by atoms with Crippen LogP contribution >= 0.6 is 11.6 Å². The van der Waals surface area contributed by atoms with E-state index >= 15 is 0 Å². The monoisotopic (exact) mass is 269 g/mol. The summed E-state index contributed by atoms with van der Waals surface area (Å²) in [6.45, 7) is 3.12. The quantitative estimate of drug-likeness (QED) is 0.582. The lowest BCUT2D eigenvalue weighted by molar-refractivity contribution is -0.121. The van der Waals surface area contributed by atoms with Crippen molar-refractivity contribution < 1.29 is 9.53 Å². The van der Waals surface area contributed by atoms with E-state index in [1.165, 1.54) is 5.56 Å². The van der Waals surface area contributed by atoms with Crippen molar-refractivity contribution in [2.75, 3.05) is 19.0 Å². The molecule has 0 bridgehead atoms. The van der Waals surface area contributed by atoms with Gasteiger partial charge in [0.1, 0.15) is 12.4 Å². The molecule has 1 aromatic rings. The number of hydrogen-bond donors (Lipinski definition) is 1. The average molecular weight is 270 g/mol. The van der Waals surface area contributed by atoms with Crippen LogP contribution in [0.5, 0.6) is 5.75 Å². The third kappa shape index (κ3) is 5.92. The lowest BCUT2D eigenvalue weighted by Gasteiger charge is -2.08. The van der Waals surface area contributed by atoms with Gasteiger partial charge in [-0.3, -0.25) is 4.79 Å². The number of rotatable bonds is 8. The molecule has 0 saturated carbocycles. The van der Waals surface area contributed by atoms with Gasteiger partial charge in [0.2, 0.25) is 5.91 Å². The number of benzene rings is 1. The summed E-state index contributed by atoms with van der Waals surface area (Å²) in [7, 11) is 0. The molecule has 0 atom stereocenters. The maximum Gasteiger partial charge on any atom is 0.220 e. The topological polar surface area (TPSA) is 38.3 Å². The maximum atomic E-state index is 11.3. The highest BCUT2D eigenvalue weighted by Gasteiger charge is 2.00. The molecule has 18 heavy (non-hydrogen) atoms. The molecule has 0 aliphatic rings. The smallest absolute Gasteiger partial charge is 0.220 e. The summed E-state index contributed by atoms with van der Waals surface area (Å²) in [5.41, 5.74) is 1.25. The third-order valence-corrected chi connectivity index (χ3v) is 2.80. The number of hydrogen-bond acceptors (Lipinski definition) is 2. The molecule has 1 amide bonds. The normalized spacial score (nSPS) is 10.1. The van der Waals surface area contributed by atoms with Crippen LogP contribution in [0.1, 0.15) is 25.3 Å². The van der Waals surface area contributed by atoms with Gasteiger partial charge in [0, 0.05) is 12.3 Å². The molecule has 100 valence electrons. The van der Waals surface area contributed by atoms with Crippen molar-refractivity contribution in [3.05, 3.63) is 29.8 Å². The van der Waals surface area contributed by atoms with Crippen LogP contribution in [0.2, 0.25) is 0 Å². The van der Waals surface area contributed by atoms with Crippen LogP contribution in [0.4, 0.5) is 0 Å². The van der Waals surface area contributed by atoms with Crippen LogP contribution in [-0.4, -0.2) is 24.9 Å². The summed E-state index contributed by atoms with van der Waals surface area (Å²) in [5.74, 6) is 1.40. The first-order valence-electron chi connectivity index (χ1n) is 6.30. The minimum absolute atomic E-state index is 0.0292. The zero-order chi connectivity index (χ0) is 13.2. The highest BCUT2D eigenvalue weighted by atomic mass is 35.5. The van der Waals surface area contributed by atoms with Crippen LogP contribution in [0, 0.1) is 0 Å². The Balaban J connectivity index is 2.19. The predicted octanol–water partition coefficient (Wildman–Crippen LogP) is 2.76. The number of nitrogens with one attached hydrogen (secondary N) is 1. The molecule has 0 unspecified atom stereocenters. The second-order valence-electron chi connectivity index (χ2n) is 3.99. The molecule has 0 aliphatic carbocycles. The van der Waals surface area contributed by atoms with Crippen LogP contribution in [-0.2, 0) is 11.2 Å². The van der Waals surface area contributed by atoms with Gasteiger partial charge in [-0.2, -0.15) is 0 Å². The minimum Gasteiger partial charge on any atom is -0.492 e. The second kappa shape index (κ2) is 8.81. The van der Waals surface area contributed by atoms with E-state index in [2.05, 4.69) is 18.3 Å². The van der Waals surface area contributed by atoms with Gasteiger partial charge in [0.25, 0.3) is 0 Å². The first-order valence-corrected chi connectivity index (χ1v) is 6.84. The Bertz CT molecular complexity index is 369. The number of aryl methyl sites for hydroxylation is 1. The van der Waals surface area contributed by atoms with E-state index in [9.17, 15) is 4.79 Å². The maximum absolute atomic E-state index is 11.3. The fourth-order valence-electron chi connectivity index (χ4n) is 1.53. The van der Waals surface area contributed by atoms with Gasteiger partial charge in [-0.1, -0.05) is 19.1 Å². The molecular weight excluding hydrogens is 250 g/mol. The van der Waals surface area contributed by atoms with E-state index in [0.29, 0.717) is 31.9 Å². The standard InChI is InChI=1S/C14H20ClNO2/c1-2-12-5-3-6-13(11-12)18-10-9-16-14(17)7-4-8-15/h3,5-6,11H,2,4,7-10H2,1H3,(H,16,17). The average Bonchev–Trinajstić information content (AvgIpc) is 2.41. The fraction of sp³-hybridized carbons (Fsp3) is 0.500. The Labute approximate surface area is 113 Å². The fourth-order valence-corrected chi connectivity index (χ4v) is 1.66. The SMILES string of the molecule is CCc1cccc(OCCNC(=O)CCCCl)c1. The molecule has 1 aromatic carbocycles. The highest BCUT2D eigenvalue weighted by molar-refractivity contribution is 6.17. The molecular formula is C14H20ClNO2. The molecule has 0 saturated heterocycles. The lowest BCUT2D eigenvalue weighted by atomic mass is 10.2. The number of ether oxygens (including phenoxy) is 1. The first kappa shape index (κ1) is 14.8.